The molecule has 1 aliphatic rings. The van der Waals surface area contributed by atoms with Gasteiger partial charge in [0.05, 0.1) is 24.1 Å². The SMILES string of the molecule is C#CCn1c([C@@H]2CC(=O)N(Cc3cccs3)C2)nc2ccccc21. The molecule has 1 fully saturated rings. The fourth-order valence-corrected chi connectivity index (χ4v) is 4.07. The van der Waals surface area contributed by atoms with Crippen LogP contribution in [0.4, 0.5) is 0 Å². The molecule has 24 heavy (non-hydrogen) atoms. The van der Waals surface area contributed by atoms with E-state index >= 15 is 0 Å². The van der Waals surface area contributed by atoms with Crippen LogP contribution in [0.2, 0.25) is 0 Å². The summed E-state index contributed by atoms with van der Waals surface area (Å²) >= 11 is 1.68. The van der Waals surface area contributed by atoms with Crippen LogP contribution in [-0.4, -0.2) is 26.9 Å². The van der Waals surface area contributed by atoms with Gasteiger partial charge in [-0.3, -0.25) is 4.79 Å². The number of rotatable bonds is 4. The van der Waals surface area contributed by atoms with Gasteiger partial charge in [-0.25, -0.2) is 4.98 Å². The summed E-state index contributed by atoms with van der Waals surface area (Å²) in [4.78, 5) is 20.3. The molecular weight excluding hydrogens is 318 g/mol. The van der Waals surface area contributed by atoms with Gasteiger partial charge in [0.1, 0.15) is 5.82 Å². The van der Waals surface area contributed by atoms with E-state index in [1.165, 1.54) is 4.88 Å². The monoisotopic (exact) mass is 335 g/mol. The zero-order valence-corrected chi connectivity index (χ0v) is 14.0. The van der Waals surface area contributed by atoms with Crippen LogP contribution in [0.5, 0.6) is 0 Å². The third kappa shape index (κ3) is 2.59. The van der Waals surface area contributed by atoms with Crippen molar-refractivity contribution in [3.63, 3.8) is 0 Å². The molecule has 3 aromatic rings. The minimum atomic E-state index is 0.0956. The van der Waals surface area contributed by atoms with E-state index < -0.39 is 0 Å². The minimum absolute atomic E-state index is 0.0956. The van der Waals surface area contributed by atoms with Gasteiger partial charge in [0.15, 0.2) is 0 Å². The molecule has 3 heterocycles. The highest BCUT2D eigenvalue weighted by atomic mass is 32.1. The van der Waals surface area contributed by atoms with E-state index in [1.807, 2.05) is 40.6 Å². The maximum Gasteiger partial charge on any atom is 0.223 e. The highest BCUT2D eigenvalue weighted by molar-refractivity contribution is 7.09. The van der Waals surface area contributed by atoms with Crippen LogP contribution < -0.4 is 0 Å². The normalized spacial score (nSPS) is 17.5. The fourth-order valence-electron chi connectivity index (χ4n) is 3.35. The number of amides is 1. The van der Waals surface area contributed by atoms with Crippen LogP contribution in [0, 0.1) is 12.3 Å². The van der Waals surface area contributed by atoms with E-state index in [0.717, 1.165) is 16.9 Å². The Bertz CT molecular complexity index is 920. The van der Waals surface area contributed by atoms with Gasteiger partial charge in [0, 0.05) is 23.8 Å². The molecule has 0 aliphatic carbocycles. The first kappa shape index (κ1) is 15.0. The van der Waals surface area contributed by atoms with Gasteiger partial charge in [0.2, 0.25) is 5.91 Å². The van der Waals surface area contributed by atoms with Gasteiger partial charge in [-0.2, -0.15) is 0 Å². The lowest BCUT2D eigenvalue weighted by atomic mass is 10.1. The van der Waals surface area contributed by atoms with Gasteiger partial charge in [0.25, 0.3) is 0 Å². The van der Waals surface area contributed by atoms with Gasteiger partial charge in [-0.1, -0.05) is 24.1 Å². The summed E-state index contributed by atoms with van der Waals surface area (Å²) in [5.41, 5.74) is 1.97. The van der Waals surface area contributed by atoms with E-state index in [9.17, 15) is 4.79 Å². The van der Waals surface area contributed by atoms with Crippen molar-refractivity contribution in [3.8, 4) is 12.3 Å². The summed E-state index contributed by atoms with van der Waals surface area (Å²) in [5, 5.41) is 2.04. The second kappa shape index (κ2) is 6.14. The van der Waals surface area contributed by atoms with Crippen molar-refractivity contribution < 1.29 is 4.79 Å². The van der Waals surface area contributed by atoms with E-state index in [-0.39, 0.29) is 11.8 Å². The molecule has 5 heteroatoms. The largest absolute Gasteiger partial charge is 0.337 e. The summed E-state index contributed by atoms with van der Waals surface area (Å²) in [6.07, 6.45) is 6.05. The number of carbonyl (C=O) groups is 1. The number of nitrogens with zero attached hydrogens (tertiary/aromatic N) is 3. The standard InChI is InChI=1S/C19H17N3OS/c1-2-9-22-17-8-4-3-7-16(17)20-19(22)14-11-18(23)21(12-14)13-15-6-5-10-24-15/h1,3-8,10,14H,9,11-13H2/t14-/m1/s1. The number of carbonyl (C=O) groups excluding carboxylic acids is 1. The molecule has 0 saturated carbocycles. The highest BCUT2D eigenvalue weighted by Gasteiger charge is 2.33. The van der Waals surface area contributed by atoms with Crippen LogP contribution in [-0.2, 0) is 17.9 Å². The number of likely N-dealkylation sites (tertiary alicyclic amines) is 1. The Hall–Kier alpha value is -2.58. The molecule has 0 bridgehead atoms. The first-order valence-electron chi connectivity index (χ1n) is 7.95. The number of hydrogen-bond acceptors (Lipinski definition) is 3. The van der Waals surface area contributed by atoms with Crippen molar-refractivity contribution >= 4 is 28.3 Å². The molecule has 0 radical (unpaired) electrons. The fraction of sp³-hybridized carbons (Fsp3) is 0.263. The first-order chi connectivity index (χ1) is 11.8. The van der Waals surface area contributed by atoms with Crippen molar-refractivity contribution in [1.82, 2.24) is 14.5 Å². The zero-order valence-electron chi connectivity index (χ0n) is 13.2. The Morgan fingerprint density at radius 1 is 1.29 bits per heavy atom. The quantitative estimate of drug-likeness (QED) is 0.687. The molecule has 0 spiro atoms. The number of fused-ring (bicyclic) bond motifs is 1. The lowest BCUT2D eigenvalue weighted by Gasteiger charge is -2.16. The molecule has 4 nitrogen and oxygen atoms in total. The van der Waals surface area contributed by atoms with Gasteiger partial charge in [-0.15, -0.1) is 17.8 Å². The van der Waals surface area contributed by atoms with Crippen molar-refractivity contribution in [2.75, 3.05) is 6.54 Å². The summed E-state index contributed by atoms with van der Waals surface area (Å²) in [5.74, 6) is 3.92. The van der Waals surface area contributed by atoms with E-state index in [4.69, 9.17) is 11.4 Å². The predicted molar refractivity (Wildman–Crippen MR) is 95.7 cm³/mol. The van der Waals surface area contributed by atoms with Crippen LogP contribution in [0.3, 0.4) is 0 Å². The number of benzene rings is 1. The number of thiophene rings is 1. The second-order valence-electron chi connectivity index (χ2n) is 6.00. The molecule has 1 saturated heterocycles. The average Bonchev–Trinajstić information content (AvgIpc) is 3.29. The number of aromatic nitrogens is 2. The Morgan fingerprint density at radius 3 is 2.96 bits per heavy atom. The van der Waals surface area contributed by atoms with Crippen molar-refractivity contribution in [2.24, 2.45) is 0 Å². The number of imidazole rings is 1. The molecule has 4 rings (SSSR count). The molecule has 1 aromatic carbocycles. The smallest absolute Gasteiger partial charge is 0.223 e. The third-order valence-corrected chi connectivity index (χ3v) is 5.30. The van der Waals surface area contributed by atoms with Gasteiger partial charge >= 0.3 is 0 Å². The van der Waals surface area contributed by atoms with Gasteiger partial charge in [-0.05, 0) is 23.6 Å². The topological polar surface area (TPSA) is 38.1 Å². The summed E-state index contributed by atoms with van der Waals surface area (Å²) < 4.78 is 2.07. The van der Waals surface area contributed by atoms with E-state index in [1.54, 1.807) is 11.3 Å². The number of para-hydroxylation sites is 2. The van der Waals surface area contributed by atoms with E-state index in [2.05, 4.69) is 16.6 Å². The average molecular weight is 335 g/mol. The van der Waals surface area contributed by atoms with Crippen LogP contribution in [0.15, 0.2) is 41.8 Å². The molecule has 1 aliphatic heterocycles. The number of terminal acetylenes is 1. The van der Waals surface area contributed by atoms with Crippen LogP contribution in [0.25, 0.3) is 11.0 Å². The Balaban J connectivity index is 1.64. The molecule has 120 valence electrons. The first-order valence-corrected chi connectivity index (χ1v) is 8.83. The maximum absolute atomic E-state index is 12.4. The Kier molecular flexibility index (Phi) is 3.83. The molecular formula is C19H17N3OS. The summed E-state index contributed by atoms with van der Waals surface area (Å²) in [6.45, 7) is 1.86. The van der Waals surface area contributed by atoms with Crippen LogP contribution in [0.1, 0.15) is 23.0 Å². The summed E-state index contributed by atoms with van der Waals surface area (Å²) in [6, 6.07) is 12.1. The highest BCUT2D eigenvalue weighted by Crippen LogP contribution is 2.31. The maximum atomic E-state index is 12.4. The zero-order chi connectivity index (χ0) is 16.5. The molecule has 0 unspecified atom stereocenters. The summed E-state index contributed by atoms with van der Waals surface area (Å²) in [7, 11) is 0. The Labute approximate surface area is 144 Å². The lowest BCUT2D eigenvalue weighted by molar-refractivity contribution is -0.128. The predicted octanol–water partition coefficient (Wildman–Crippen LogP) is 3.25. The van der Waals surface area contributed by atoms with Crippen molar-refractivity contribution in [3.05, 3.63) is 52.5 Å². The minimum Gasteiger partial charge on any atom is -0.337 e. The Morgan fingerprint density at radius 2 is 2.17 bits per heavy atom. The molecule has 0 N–H and O–H groups in total. The molecule has 1 atom stereocenters. The van der Waals surface area contributed by atoms with E-state index in [0.29, 0.717) is 26.1 Å². The molecule has 1 amide bonds. The van der Waals surface area contributed by atoms with Crippen LogP contribution >= 0.6 is 11.3 Å². The third-order valence-electron chi connectivity index (χ3n) is 4.44. The van der Waals surface area contributed by atoms with Crippen molar-refractivity contribution in [2.45, 2.75) is 25.4 Å². The van der Waals surface area contributed by atoms with Crippen molar-refractivity contribution in [1.29, 1.82) is 0 Å². The second-order valence-corrected chi connectivity index (χ2v) is 7.04. The van der Waals surface area contributed by atoms with Gasteiger partial charge < -0.3 is 9.47 Å². The number of hydrogen-bond donors (Lipinski definition) is 0. The molecule has 2 aromatic heterocycles. The lowest BCUT2D eigenvalue weighted by Crippen LogP contribution is -2.24.